The van der Waals surface area contributed by atoms with E-state index in [0.29, 0.717) is 5.69 Å². The fourth-order valence-corrected chi connectivity index (χ4v) is 2.14. The average molecular weight is 361 g/mol. The van der Waals surface area contributed by atoms with Crippen LogP contribution in [0.4, 0.5) is 23.2 Å². The lowest BCUT2D eigenvalue weighted by Gasteiger charge is -2.12. The number of amides is 1. The highest BCUT2D eigenvalue weighted by Gasteiger charge is 2.18. The number of carbonyl (C=O) groups is 1. The number of aryl methyl sites for hydroxylation is 1. The van der Waals surface area contributed by atoms with Crippen molar-refractivity contribution >= 4 is 11.6 Å². The highest BCUT2D eigenvalue weighted by atomic mass is 19.3. The SMILES string of the molecule is COc1cc(NC(=O)Cn2nc(C)cc2C(F)F)ccc1OC(F)F. The zero-order valence-corrected chi connectivity index (χ0v) is 13.3. The van der Waals surface area contributed by atoms with Crippen molar-refractivity contribution in [1.29, 1.82) is 0 Å². The number of hydrogen-bond donors (Lipinski definition) is 1. The number of aromatic nitrogens is 2. The van der Waals surface area contributed by atoms with Crippen molar-refractivity contribution in [2.75, 3.05) is 12.4 Å². The molecule has 0 saturated heterocycles. The van der Waals surface area contributed by atoms with Crippen molar-refractivity contribution in [3.8, 4) is 11.5 Å². The fraction of sp³-hybridized carbons (Fsp3) is 0.333. The van der Waals surface area contributed by atoms with Crippen LogP contribution in [0.5, 0.6) is 11.5 Å². The number of benzene rings is 1. The Bertz CT molecular complexity index is 750. The average Bonchev–Trinajstić information content (AvgIpc) is 2.88. The first-order valence-corrected chi connectivity index (χ1v) is 7.05. The molecule has 2 rings (SSSR count). The minimum atomic E-state index is -3.02. The van der Waals surface area contributed by atoms with E-state index in [1.54, 1.807) is 0 Å². The number of halogens is 4. The molecule has 0 unspecified atom stereocenters. The molecule has 6 nitrogen and oxygen atoms in total. The Labute approximate surface area is 140 Å². The fourth-order valence-electron chi connectivity index (χ4n) is 2.14. The van der Waals surface area contributed by atoms with Crippen molar-refractivity contribution in [2.24, 2.45) is 0 Å². The molecule has 0 aliphatic heterocycles. The first kappa shape index (κ1) is 18.6. The first-order chi connectivity index (χ1) is 11.8. The second-order valence-electron chi connectivity index (χ2n) is 4.96. The molecule has 1 heterocycles. The molecule has 10 heteroatoms. The summed E-state index contributed by atoms with van der Waals surface area (Å²) in [5, 5.41) is 6.30. The van der Waals surface area contributed by atoms with E-state index < -0.39 is 25.5 Å². The van der Waals surface area contributed by atoms with E-state index in [9.17, 15) is 22.4 Å². The molecular formula is C15H15F4N3O3. The van der Waals surface area contributed by atoms with Crippen LogP contribution in [0.2, 0.25) is 0 Å². The van der Waals surface area contributed by atoms with Gasteiger partial charge in [-0.15, -0.1) is 0 Å². The number of hydrogen-bond acceptors (Lipinski definition) is 4. The summed E-state index contributed by atoms with van der Waals surface area (Å²) in [5.74, 6) is -0.825. The topological polar surface area (TPSA) is 65.4 Å². The number of nitrogens with one attached hydrogen (secondary N) is 1. The Balaban J connectivity index is 2.10. The van der Waals surface area contributed by atoms with Gasteiger partial charge in [0.2, 0.25) is 5.91 Å². The highest BCUT2D eigenvalue weighted by Crippen LogP contribution is 2.31. The third-order valence-electron chi connectivity index (χ3n) is 3.11. The van der Waals surface area contributed by atoms with Crippen molar-refractivity contribution in [3.05, 3.63) is 35.7 Å². The van der Waals surface area contributed by atoms with Gasteiger partial charge in [-0.2, -0.15) is 13.9 Å². The van der Waals surface area contributed by atoms with Gasteiger partial charge < -0.3 is 14.8 Å². The van der Waals surface area contributed by atoms with Gasteiger partial charge in [0.1, 0.15) is 12.2 Å². The van der Waals surface area contributed by atoms with E-state index in [-0.39, 0.29) is 22.9 Å². The van der Waals surface area contributed by atoms with Gasteiger partial charge in [-0.25, -0.2) is 8.78 Å². The number of nitrogens with zero attached hydrogens (tertiary/aromatic N) is 2. The van der Waals surface area contributed by atoms with Crippen molar-refractivity contribution < 1.29 is 31.8 Å². The van der Waals surface area contributed by atoms with Crippen molar-refractivity contribution in [2.45, 2.75) is 26.5 Å². The van der Waals surface area contributed by atoms with Crippen LogP contribution in [0.25, 0.3) is 0 Å². The molecule has 0 aliphatic rings. The van der Waals surface area contributed by atoms with E-state index in [1.165, 1.54) is 38.3 Å². The summed E-state index contributed by atoms with van der Waals surface area (Å²) in [6, 6.07) is 4.99. The summed E-state index contributed by atoms with van der Waals surface area (Å²) in [6.07, 6.45) is -2.76. The molecule has 0 bridgehead atoms. The zero-order valence-electron chi connectivity index (χ0n) is 13.3. The van der Waals surface area contributed by atoms with Gasteiger partial charge in [0, 0.05) is 11.8 Å². The molecule has 0 atom stereocenters. The lowest BCUT2D eigenvalue weighted by atomic mass is 10.2. The van der Waals surface area contributed by atoms with E-state index in [4.69, 9.17) is 4.74 Å². The maximum atomic E-state index is 12.9. The third kappa shape index (κ3) is 4.85. The number of ether oxygens (including phenoxy) is 2. The summed E-state index contributed by atoms with van der Waals surface area (Å²) in [5.41, 5.74) is 0.218. The van der Waals surface area contributed by atoms with E-state index in [2.05, 4.69) is 15.2 Å². The molecule has 0 fully saturated rings. The van der Waals surface area contributed by atoms with Crippen molar-refractivity contribution in [3.63, 3.8) is 0 Å². The van der Waals surface area contributed by atoms with Crippen LogP contribution in [-0.4, -0.2) is 29.4 Å². The lowest BCUT2D eigenvalue weighted by Crippen LogP contribution is -2.21. The quantitative estimate of drug-likeness (QED) is 0.768. The highest BCUT2D eigenvalue weighted by molar-refractivity contribution is 5.90. The normalized spacial score (nSPS) is 11.0. The standard InChI is InChI=1S/C15H15F4N3O3/c1-8-5-10(14(16)17)22(21-8)7-13(23)20-9-3-4-11(25-15(18)19)12(6-9)24-2/h3-6,14-15H,7H2,1-2H3,(H,20,23). The molecule has 136 valence electrons. The summed E-state index contributed by atoms with van der Waals surface area (Å²) in [6.45, 7) is -1.91. The second-order valence-corrected chi connectivity index (χ2v) is 4.96. The molecule has 1 aromatic heterocycles. The van der Waals surface area contributed by atoms with Crippen LogP contribution >= 0.6 is 0 Å². The first-order valence-electron chi connectivity index (χ1n) is 7.05. The monoisotopic (exact) mass is 361 g/mol. The van der Waals surface area contributed by atoms with Gasteiger partial charge in [-0.05, 0) is 25.1 Å². The molecule has 1 N–H and O–H groups in total. The van der Waals surface area contributed by atoms with Crippen LogP contribution in [0.15, 0.2) is 24.3 Å². The Morgan fingerprint density at radius 1 is 1.24 bits per heavy atom. The van der Waals surface area contributed by atoms with Gasteiger partial charge in [0.25, 0.3) is 6.43 Å². The molecular weight excluding hydrogens is 346 g/mol. The molecule has 0 radical (unpaired) electrons. The van der Waals surface area contributed by atoms with Gasteiger partial charge in [-0.1, -0.05) is 0 Å². The number of carbonyl (C=O) groups excluding carboxylic acids is 1. The largest absolute Gasteiger partial charge is 0.493 e. The number of anilines is 1. The van der Waals surface area contributed by atoms with E-state index >= 15 is 0 Å². The summed E-state index contributed by atoms with van der Waals surface area (Å²) < 4.78 is 60.4. The number of alkyl halides is 4. The molecule has 0 saturated carbocycles. The molecule has 0 spiro atoms. The smallest absolute Gasteiger partial charge is 0.387 e. The van der Waals surface area contributed by atoms with Crippen LogP contribution in [0.1, 0.15) is 17.8 Å². The Morgan fingerprint density at radius 3 is 2.56 bits per heavy atom. The molecule has 2 aromatic rings. The van der Waals surface area contributed by atoms with E-state index in [1.807, 2.05) is 0 Å². The lowest BCUT2D eigenvalue weighted by molar-refractivity contribution is -0.117. The maximum absolute atomic E-state index is 12.9. The number of rotatable bonds is 7. The van der Waals surface area contributed by atoms with Crippen LogP contribution in [0.3, 0.4) is 0 Å². The predicted molar refractivity (Wildman–Crippen MR) is 80.2 cm³/mol. The Morgan fingerprint density at radius 2 is 1.96 bits per heavy atom. The van der Waals surface area contributed by atoms with Crippen LogP contribution < -0.4 is 14.8 Å². The zero-order chi connectivity index (χ0) is 18.6. The van der Waals surface area contributed by atoms with Gasteiger partial charge in [-0.3, -0.25) is 9.48 Å². The summed E-state index contributed by atoms with van der Waals surface area (Å²) in [7, 11) is 1.25. The van der Waals surface area contributed by atoms with Gasteiger partial charge >= 0.3 is 6.61 Å². The minimum Gasteiger partial charge on any atom is -0.493 e. The van der Waals surface area contributed by atoms with Crippen LogP contribution in [-0.2, 0) is 11.3 Å². The van der Waals surface area contributed by atoms with Gasteiger partial charge in [0.05, 0.1) is 12.8 Å². The maximum Gasteiger partial charge on any atom is 0.387 e. The second kappa shape index (κ2) is 7.86. The summed E-state index contributed by atoms with van der Waals surface area (Å²) in [4.78, 5) is 12.0. The molecule has 25 heavy (non-hydrogen) atoms. The molecule has 0 aliphatic carbocycles. The predicted octanol–water partition coefficient (Wildman–Crippen LogP) is 3.38. The summed E-state index contributed by atoms with van der Waals surface area (Å²) >= 11 is 0. The number of methoxy groups -OCH3 is 1. The van der Waals surface area contributed by atoms with Crippen molar-refractivity contribution in [1.82, 2.24) is 9.78 Å². The molecule has 1 amide bonds. The molecule has 1 aromatic carbocycles. The third-order valence-corrected chi connectivity index (χ3v) is 3.11. The Hall–Kier alpha value is -2.78. The minimum absolute atomic E-state index is 0.0127. The van der Waals surface area contributed by atoms with Crippen LogP contribution in [0, 0.1) is 6.92 Å². The van der Waals surface area contributed by atoms with Gasteiger partial charge in [0.15, 0.2) is 11.5 Å². The Kier molecular flexibility index (Phi) is 5.84. The van der Waals surface area contributed by atoms with E-state index in [0.717, 1.165) is 4.68 Å².